The molecule has 0 bridgehead atoms. The number of rotatable bonds is 6. The molecule has 0 fully saturated rings. The number of benzene rings is 1. The van der Waals surface area contributed by atoms with Gasteiger partial charge >= 0.3 is 6.36 Å². The van der Waals surface area contributed by atoms with Gasteiger partial charge in [-0.15, -0.1) is 13.2 Å². The van der Waals surface area contributed by atoms with E-state index in [2.05, 4.69) is 10.1 Å². The zero-order valence-electron chi connectivity index (χ0n) is 10.9. The summed E-state index contributed by atoms with van der Waals surface area (Å²) in [6.45, 7) is 4.85. The molecule has 108 valence electrons. The van der Waals surface area contributed by atoms with Crippen LogP contribution >= 0.6 is 0 Å². The number of halogens is 3. The second-order valence-corrected chi connectivity index (χ2v) is 4.45. The van der Waals surface area contributed by atoms with Crippen molar-refractivity contribution in [2.24, 2.45) is 0 Å². The van der Waals surface area contributed by atoms with Gasteiger partial charge in [0.25, 0.3) is 0 Å². The van der Waals surface area contributed by atoms with Crippen molar-refractivity contribution < 1.29 is 23.0 Å². The van der Waals surface area contributed by atoms with Gasteiger partial charge in [0.05, 0.1) is 5.60 Å². The van der Waals surface area contributed by atoms with Gasteiger partial charge in [-0.05, 0) is 44.1 Å². The molecule has 0 radical (unpaired) electrons. The van der Waals surface area contributed by atoms with Crippen LogP contribution in [0, 0.1) is 0 Å². The first kappa shape index (κ1) is 15.8. The molecule has 0 aromatic heterocycles. The Labute approximate surface area is 110 Å². The Kier molecular flexibility index (Phi) is 5.20. The SMILES string of the molecule is CCNCCC(C)(O)c1cccc(OC(F)(F)F)c1. The molecule has 3 nitrogen and oxygen atoms in total. The molecule has 19 heavy (non-hydrogen) atoms. The fraction of sp³-hybridized carbons (Fsp3) is 0.538. The highest BCUT2D eigenvalue weighted by Crippen LogP contribution is 2.29. The molecule has 0 aliphatic carbocycles. The Bertz CT molecular complexity index is 405. The summed E-state index contributed by atoms with van der Waals surface area (Å²) in [7, 11) is 0. The van der Waals surface area contributed by atoms with Crippen molar-refractivity contribution in [2.75, 3.05) is 13.1 Å². The number of ether oxygens (including phenoxy) is 1. The summed E-state index contributed by atoms with van der Waals surface area (Å²) in [4.78, 5) is 0. The summed E-state index contributed by atoms with van der Waals surface area (Å²) < 4.78 is 40.2. The van der Waals surface area contributed by atoms with Gasteiger partial charge in [-0.2, -0.15) is 0 Å². The van der Waals surface area contributed by atoms with Gasteiger partial charge in [-0.25, -0.2) is 0 Å². The van der Waals surface area contributed by atoms with Crippen LogP contribution < -0.4 is 10.1 Å². The van der Waals surface area contributed by atoms with Crippen molar-refractivity contribution in [3.63, 3.8) is 0 Å². The van der Waals surface area contributed by atoms with Gasteiger partial charge in [-0.3, -0.25) is 0 Å². The molecule has 6 heteroatoms. The molecule has 1 aromatic rings. The molecule has 0 amide bonds. The molecule has 0 saturated heterocycles. The minimum absolute atomic E-state index is 0.325. The Balaban J connectivity index is 2.79. The lowest BCUT2D eigenvalue weighted by atomic mass is 9.92. The zero-order valence-corrected chi connectivity index (χ0v) is 10.9. The second-order valence-electron chi connectivity index (χ2n) is 4.45. The van der Waals surface area contributed by atoms with Gasteiger partial charge in [0.15, 0.2) is 0 Å². The molecule has 0 spiro atoms. The highest BCUT2D eigenvalue weighted by Gasteiger charge is 2.32. The van der Waals surface area contributed by atoms with Crippen molar-refractivity contribution in [2.45, 2.75) is 32.2 Å². The maximum atomic E-state index is 12.1. The third-order valence-electron chi connectivity index (χ3n) is 2.73. The van der Waals surface area contributed by atoms with Crippen molar-refractivity contribution in [1.82, 2.24) is 5.32 Å². The average Bonchev–Trinajstić information content (AvgIpc) is 2.27. The summed E-state index contributed by atoms with van der Waals surface area (Å²) in [6, 6.07) is 5.42. The third-order valence-corrected chi connectivity index (χ3v) is 2.73. The summed E-state index contributed by atoms with van der Waals surface area (Å²) >= 11 is 0. The molecule has 1 rings (SSSR count). The normalized spacial score (nSPS) is 15.1. The second kappa shape index (κ2) is 6.25. The fourth-order valence-corrected chi connectivity index (χ4v) is 1.68. The molecular formula is C13H18F3NO2. The number of hydrogen-bond donors (Lipinski definition) is 2. The zero-order chi connectivity index (χ0) is 14.5. The minimum Gasteiger partial charge on any atom is -0.406 e. The summed E-state index contributed by atoms with van der Waals surface area (Å²) in [5.41, 5.74) is -0.806. The van der Waals surface area contributed by atoms with Crippen LogP contribution in [0.3, 0.4) is 0 Å². The quantitative estimate of drug-likeness (QED) is 0.786. The van der Waals surface area contributed by atoms with Crippen molar-refractivity contribution >= 4 is 0 Å². The molecular weight excluding hydrogens is 259 g/mol. The topological polar surface area (TPSA) is 41.5 Å². The largest absolute Gasteiger partial charge is 0.573 e. The molecule has 2 N–H and O–H groups in total. The Morgan fingerprint density at radius 2 is 2.00 bits per heavy atom. The van der Waals surface area contributed by atoms with E-state index in [1.54, 1.807) is 13.0 Å². The van der Waals surface area contributed by atoms with E-state index in [9.17, 15) is 18.3 Å². The molecule has 1 aromatic carbocycles. The molecule has 1 atom stereocenters. The lowest BCUT2D eigenvalue weighted by Gasteiger charge is -2.24. The van der Waals surface area contributed by atoms with E-state index in [0.29, 0.717) is 18.5 Å². The number of hydrogen-bond acceptors (Lipinski definition) is 3. The van der Waals surface area contributed by atoms with Crippen LogP contribution in [0.2, 0.25) is 0 Å². The molecule has 0 heterocycles. The highest BCUT2D eigenvalue weighted by atomic mass is 19.4. The molecule has 0 saturated carbocycles. The van der Waals surface area contributed by atoms with Crippen LogP contribution in [-0.4, -0.2) is 24.6 Å². The van der Waals surface area contributed by atoms with E-state index in [-0.39, 0.29) is 5.75 Å². The van der Waals surface area contributed by atoms with E-state index >= 15 is 0 Å². The maximum Gasteiger partial charge on any atom is 0.573 e. The van der Waals surface area contributed by atoms with Crippen LogP contribution in [0.25, 0.3) is 0 Å². The highest BCUT2D eigenvalue weighted by molar-refractivity contribution is 5.32. The first-order valence-corrected chi connectivity index (χ1v) is 6.04. The summed E-state index contributed by atoms with van der Waals surface area (Å²) in [5.74, 6) is -0.325. The number of nitrogens with one attached hydrogen (secondary N) is 1. The predicted octanol–water partition coefficient (Wildman–Crippen LogP) is 2.79. The van der Waals surface area contributed by atoms with Gasteiger partial charge in [0, 0.05) is 0 Å². The van der Waals surface area contributed by atoms with Gasteiger partial charge in [0.2, 0.25) is 0 Å². The van der Waals surface area contributed by atoms with Crippen LogP contribution in [0.5, 0.6) is 5.75 Å². The summed E-state index contributed by atoms with van der Waals surface area (Å²) in [5, 5.41) is 13.3. The standard InChI is InChI=1S/C13H18F3NO2/c1-3-17-8-7-12(2,18)10-5-4-6-11(9-10)19-13(14,15)16/h4-6,9,17-18H,3,7-8H2,1-2H3. The van der Waals surface area contributed by atoms with Crippen molar-refractivity contribution in [3.8, 4) is 5.75 Å². The minimum atomic E-state index is -4.73. The van der Waals surface area contributed by atoms with E-state index < -0.39 is 12.0 Å². The maximum absolute atomic E-state index is 12.1. The Morgan fingerprint density at radius 1 is 1.32 bits per heavy atom. The lowest BCUT2D eigenvalue weighted by molar-refractivity contribution is -0.274. The lowest BCUT2D eigenvalue weighted by Crippen LogP contribution is -2.28. The third kappa shape index (κ3) is 5.48. The number of aliphatic hydroxyl groups is 1. The fourth-order valence-electron chi connectivity index (χ4n) is 1.68. The molecule has 0 aliphatic rings. The first-order valence-electron chi connectivity index (χ1n) is 6.04. The van der Waals surface area contributed by atoms with E-state index in [0.717, 1.165) is 6.54 Å². The van der Waals surface area contributed by atoms with Crippen LogP contribution in [0.1, 0.15) is 25.8 Å². The van der Waals surface area contributed by atoms with Crippen LogP contribution in [0.15, 0.2) is 24.3 Å². The van der Waals surface area contributed by atoms with Crippen molar-refractivity contribution in [3.05, 3.63) is 29.8 Å². The molecule has 0 aliphatic heterocycles. The number of alkyl halides is 3. The summed E-state index contributed by atoms with van der Waals surface area (Å²) in [6.07, 6.45) is -4.33. The van der Waals surface area contributed by atoms with Crippen LogP contribution in [0.4, 0.5) is 13.2 Å². The van der Waals surface area contributed by atoms with E-state index in [4.69, 9.17) is 0 Å². The van der Waals surface area contributed by atoms with Crippen LogP contribution in [-0.2, 0) is 5.60 Å². The Morgan fingerprint density at radius 3 is 2.58 bits per heavy atom. The Hall–Kier alpha value is -1.27. The van der Waals surface area contributed by atoms with Gasteiger partial charge < -0.3 is 15.2 Å². The van der Waals surface area contributed by atoms with Gasteiger partial charge in [0.1, 0.15) is 5.75 Å². The smallest absolute Gasteiger partial charge is 0.406 e. The first-order chi connectivity index (χ1) is 8.74. The van der Waals surface area contributed by atoms with Gasteiger partial charge in [-0.1, -0.05) is 19.1 Å². The van der Waals surface area contributed by atoms with E-state index in [1.807, 2.05) is 6.92 Å². The van der Waals surface area contributed by atoms with Crippen molar-refractivity contribution in [1.29, 1.82) is 0 Å². The molecule has 1 unspecified atom stereocenters. The monoisotopic (exact) mass is 277 g/mol. The average molecular weight is 277 g/mol. The predicted molar refractivity (Wildman–Crippen MR) is 65.9 cm³/mol. The van der Waals surface area contributed by atoms with E-state index in [1.165, 1.54) is 18.2 Å².